The number of hydrogen-bond acceptors (Lipinski definition) is 2. The predicted molar refractivity (Wildman–Crippen MR) is 76.3 cm³/mol. The lowest BCUT2D eigenvalue weighted by Crippen LogP contribution is -2.57. The molecule has 110 valence electrons. The van der Waals surface area contributed by atoms with Gasteiger partial charge in [0.05, 0.1) is 16.2 Å². The molecule has 0 radical (unpaired) electrons. The van der Waals surface area contributed by atoms with Gasteiger partial charge in [-0.2, -0.15) is 0 Å². The van der Waals surface area contributed by atoms with Gasteiger partial charge in [0.25, 0.3) is 5.91 Å². The average Bonchev–Trinajstić information content (AvgIpc) is 2.35. The predicted octanol–water partition coefficient (Wildman–Crippen LogP) is 3.10. The Labute approximate surface area is 123 Å². The number of amides is 1. The number of carbonyl (C=O) groups excluding carboxylic acids is 1. The summed E-state index contributed by atoms with van der Waals surface area (Å²) in [6, 6.07) is 4.41. The fourth-order valence-corrected chi connectivity index (χ4v) is 2.60. The van der Waals surface area contributed by atoms with Crippen molar-refractivity contribution in [2.24, 2.45) is 5.41 Å². The van der Waals surface area contributed by atoms with Crippen LogP contribution in [-0.4, -0.2) is 34.6 Å². The topological polar surface area (TPSA) is 40.5 Å². The van der Waals surface area contributed by atoms with Crippen LogP contribution >= 0.6 is 11.6 Å². The Balaban J connectivity index is 2.25. The Bertz CT molecular complexity index is 543. The van der Waals surface area contributed by atoms with Crippen LogP contribution in [0.4, 0.5) is 4.39 Å². The first-order chi connectivity index (χ1) is 9.16. The summed E-state index contributed by atoms with van der Waals surface area (Å²) >= 11 is 5.71. The maximum atomic E-state index is 13.9. The van der Waals surface area contributed by atoms with E-state index in [-0.39, 0.29) is 16.5 Å². The quantitative estimate of drug-likeness (QED) is 0.865. The third-order valence-electron chi connectivity index (χ3n) is 4.38. The molecule has 1 aromatic rings. The summed E-state index contributed by atoms with van der Waals surface area (Å²) in [5.41, 5.74) is -1.30. The van der Waals surface area contributed by atoms with E-state index >= 15 is 0 Å². The van der Waals surface area contributed by atoms with E-state index in [0.29, 0.717) is 19.5 Å². The third kappa shape index (κ3) is 2.54. The Kier molecular flexibility index (Phi) is 3.82. The summed E-state index contributed by atoms with van der Waals surface area (Å²) in [5, 5.41) is 10.3. The van der Waals surface area contributed by atoms with Gasteiger partial charge in [0.1, 0.15) is 0 Å². The molecule has 1 aliphatic rings. The maximum absolute atomic E-state index is 13.9. The second-order valence-corrected chi connectivity index (χ2v) is 6.64. The van der Waals surface area contributed by atoms with Gasteiger partial charge in [-0.3, -0.25) is 4.79 Å². The zero-order valence-corrected chi connectivity index (χ0v) is 12.7. The molecule has 1 saturated heterocycles. The molecule has 20 heavy (non-hydrogen) atoms. The number of aliphatic hydroxyl groups is 1. The minimum Gasteiger partial charge on any atom is -0.389 e. The highest BCUT2D eigenvalue weighted by Gasteiger charge is 2.45. The standard InChI is InChI=1S/C15H19ClFNO2/c1-14(2)9-18(8-7-15(14,3)20)13(19)10-5-4-6-11(16)12(10)17/h4-6,20H,7-9H2,1-3H3/t15-/m0/s1. The van der Waals surface area contributed by atoms with Crippen LogP contribution in [0.2, 0.25) is 5.02 Å². The van der Waals surface area contributed by atoms with Crippen molar-refractivity contribution >= 4 is 17.5 Å². The molecule has 1 aromatic carbocycles. The lowest BCUT2D eigenvalue weighted by Gasteiger charge is -2.48. The molecule has 5 heteroatoms. The average molecular weight is 300 g/mol. The van der Waals surface area contributed by atoms with Crippen molar-refractivity contribution in [2.45, 2.75) is 32.8 Å². The molecule has 1 atom stereocenters. The van der Waals surface area contributed by atoms with E-state index in [1.165, 1.54) is 12.1 Å². The zero-order chi connectivity index (χ0) is 15.1. The van der Waals surface area contributed by atoms with Gasteiger partial charge in [0, 0.05) is 18.5 Å². The monoisotopic (exact) mass is 299 g/mol. The van der Waals surface area contributed by atoms with Crippen LogP contribution in [0.3, 0.4) is 0 Å². The fraction of sp³-hybridized carbons (Fsp3) is 0.533. The summed E-state index contributed by atoms with van der Waals surface area (Å²) in [4.78, 5) is 14.0. The van der Waals surface area contributed by atoms with Crippen LogP contribution in [0.15, 0.2) is 18.2 Å². The van der Waals surface area contributed by atoms with Crippen molar-refractivity contribution in [3.05, 3.63) is 34.6 Å². The molecule has 1 fully saturated rings. The molecular weight excluding hydrogens is 281 g/mol. The number of halogens is 2. The molecule has 1 aliphatic heterocycles. The molecule has 1 N–H and O–H groups in total. The Morgan fingerprint density at radius 2 is 2.05 bits per heavy atom. The van der Waals surface area contributed by atoms with Crippen LogP contribution in [0, 0.1) is 11.2 Å². The minimum absolute atomic E-state index is 0.0187. The molecule has 0 spiro atoms. The van der Waals surface area contributed by atoms with E-state index in [1.54, 1.807) is 17.9 Å². The van der Waals surface area contributed by atoms with Crippen molar-refractivity contribution in [3.8, 4) is 0 Å². The molecule has 0 aromatic heterocycles. The molecular formula is C15H19ClFNO2. The molecule has 1 heterocycles. The Morgan fingerprint density at radius 3 is 2.65 bits per heavy atom. The lowest BCUT2D eigenvalue weighted by atomic mass is 9.71. The van der Waals surface area contributed by atoms with E-state index in [1.807, 2.05) is 13.8 Å². The van der Waals surface area contributed by atoms with E-state index in [0.717, 1.165) is 0 Å². The first-order valence-electron chi connectivity index (χ1n) is 6.61. The lowest BCUT2D eigenvalue weighted by molar-refractivity contribution is -0.0971. The van der Waals surface area contributed by atoms with E-state index < -0.39 is 16.8 Å². The van der Waals surface area contributed by atoms with Gasteiger partial charge in [-0.05, 0) is 25.5 Å². The minimum atomic E-state index is -0.837. The number of benzene rings is 1. The number of likely N-dealkylation sites (tertiary alicyclic amines) is 1. The molecule has 0 unspecified atom stereocenters. The van der Waals surface area contributed by atoms with Crippen LogP contribution < -0.4 is 0 Å². The second-order valence-electron chi connectivity index (χ2n) is 6.24. The third-order valence-corrected chi connectivity index (χ3v) is 4.67. The fourth-order valence-electron chi connectivity index (χ4n) is 2.43. The van der Waals surface area contributed by atoms with Gasteiger partial charge in [0.2, 0.25) is 0 Å². The second kappa shape index (κ2) is 5.01. The molecule has 1 amide bonds. The number of hydrogen-bond donors (Lipinski definition) is 1. The summed E-state index contributed by atoms with van der Waals surface area (Å²) in [7, 11) is 0. The van der Waals surface area contributed by atoms with Crippen LogP contribution in [0.1, 0.15) is 37.6 Å². The van der Waals surface area contributed by atoms with Gasteiger partial charge in [0.15, 0.2) is 5.82 Å². The summed E-state index contributed by atoms with van der Waals surface area (Å²) in [5.74, 6) is -1.07. The van der Waals surface area contributed by atoms with Crippen LogP contribution in [-0.2, 0) is 0 Å². The highest BCUT2D eigenvalue weighted by atomic mass is 35.5. The van der Waals surface area contributed by atoms with Gasteiger partial charge in [-0.15, -0.1) is 0 Å². The summed E-state index contributed by atoms with van der Waals surface area (Å²) < 4.78 is 13.9. The summed E-state index contributed by atoms with van der Waals surface area (Å²) in [6.45, 7) is 6.36. The van der Waals surface area contributed by atoms with E-state index in [4.69, 9.17) is 11.6 Å². The number of piperidine rings is 1. The number of nitrogens with zero attached hydrogens (tertiary/aromatic N) is 1. The molecule has 2 rings (SSSR count). The van der Waals surface area contributed by atoms with Crippen LogP contribution in [0.25, 0.3) is 0 Å². The SMILES string of the molecule is CC1(C)CN(C(=O)c2cccc(Cl)c2F)CC[C@]1(C)O. The maximum Gasteiger partial charge on any atom is 0.256 e. The van der Waals surface area contributed by atoms with Crippen molar-refractivity contribution in [2.75, 3.05) is 13.1 Å². The van der Waals surface area contributed by atoms with Crippen molar-refractivity contribution in [1.82, 2.24) is 4.90 Å². The molecule has 0 saturated carbocycles. The van der Waals surface area contributed by atoms with Crippen molar-refractivity contribution in [1.29, 1.82) is 0 Å². The molecule has 0 aliphatic carbocycles. The highest BCUT2D eigenvalue weighted by Crippen LogP contribution is 2.38. The molecule has 3 nitrogen and oxygen atoms in total. The number of rotatable bonds is 1. The Hall–Kier alpha value is -1.13. The van der Waals surface area contributed by atoms with E-state index in [9.17, 15) is 14.3 Å². The smallest absolute Gasteiger partial charge is 0.256 e. The number of carbonyl (C=O) groups is 1. The van der Waals surface area contributed by atoms with Crippen molar-refractivity contribution < 1.29 is 14.3 Å². The van der Waals surface area contributed by atoms with Gasteiger partial charge >= 0.3 is 0 Å². The van der Waals surface area contributed by atoms with Crippen molar-refractivity contribution in [3.63, 3.8) is 0 Å². The normalized spacial score (nSPS) is 25.6. The molecule has 0 bridgehead atoms. The Morgan fingerprint density at radius 1 is 1.40 bits per heavy atom. The van der Waals surface area contributed by atoms with E-state index in [2.05, 4.69) is 0 Å². The summed E-state index contributed by atoms with van der Waals surface area (Å²) in [6.07, 6.45) is 0.466. The largest absolute Gasteiger partial charge is 0.389 e. The zero-order valence-electron chi connectivity index (χ0n) is 11.9. The van der Waals surface area contributed by atoms with Gasteiger partial charge < -0.3 is 10.0 Å². The van der Waals surface area contributed by atoms with Crippen LogP contribution in [0.5, 0.6) is 0 Å². The first kappa shape index (κ1) is 15.3. The van der Waals surface area contributed by atoms with Gasteiger partial charge in [-0.25, -0.2) is 4.39 Å². The highest BCUT2D eigenvalue weighted by molar-refractivity contribution is 6.31. The first-order valence-corrected chi connectivity index (χ1v) is 6.99. The van der Waals surface area contributed by atoms with Gasteiger partial charge in [-0.1, -0.05) is 31.5 Å².